The first-order valence-corrected chi connectivity index (χ1v) is 5.21. The maximum absolute atomic E-state index is 5.73. The molecule has 0 aliphatic rings. The summed E-state index contributed by atoms with van der Waals surface area (Å²) in [5.41, 5.74) is 8.74. The molecule has 0 atom stereocenters. The summed E-state index contributed by atoms with van der Waals surface area (Å²) in [6, 6.07) is 7.90. The van der Waals surface area contributed by atoms with Gasteiger partial charge in [0.25, 0.3) is 0 Å². The molecule has 2 N–H and O–H groups in total. The van der Waals surface area contributed by atoms with Crippen LogP contribution >= 0.6 is 11.3 Å². The van der Waals surface area contributed by atoms with Gasteiger partial charge in [0.2, 0.25) is 0 Å². The molecule has 2 aromatic rings. The number of benzene rings is 1. The van der Waals surface area contributed by atoms with Crippen LogP contribution in [0.2, 0.25) is 0 Å². The summed E-state index contributed by atoms with van der Waals surface area (Å²) in [6.07, 6.45) is 0. The van der Waals surface area contributed by atoms with E-state index < -0.39 is 0 Å². The lowest BCUT2D eigenvalue weighted by Crippen LogP contribution is -1.91. The third-order valence-corrected chi connectivity index (χ3v) is 2.77. The number of ether oxygens (including phenoxy) is 1. The minimum absolute atomic E-state index is 0.673. The van der Waals surface area contributed by atoms with E-state index in [-0.39, 0.29) is 0 Å². The molecule has 14 heavy (non-hydrogen) atoms. The highest BCUT2D eigenvalue weighted by Gasteiger charge is 2.02. The fraction of sp³-hybridized carbons (Fsp3) is 0.0909. The van der Waals surface area contributed by atoms with Crippen LogP contribution in [-0.4, -0.2) is 7.11 Å². The van der Waals surface area contributed by atoms with Crippen molar-refractivity contribution in [1.82, 2.24) is 0 Å². The van der Waals surface area contributed by atoms with Crippen molar-refractivity contribution in [3.8, 4) is 16.9 Å². The number of hydrogen-bond acceptors (Lipinski definition) is 3. The molecule has 0 aliphatic carbocycles. The summed E-state index contributed by atoms with van der Waals surface area (Å²) in [6.45, 7) is 0. The first-order chi connectivity index (χ1) is 6.81. The fourth-order valence-electron chi connectivity index (χ4n) is 1.32. The summed E-state index contributed by atoms with van der Waals surface area (Å²) < 4.78 is 5.16. The quantitative estimate of drug-likeness (QED) is 0.765. The lowest BCUT2D eigenvalue weighted by Gasteiger charge is -2.05. The number of nitrogens with two attached hydrogens (primary N) is 1. The molecule has 0 fully saturated rings. The molecule has 2 rings (SSSR count). The van der Waals surface area contributed by atoms with Crippen molar-refractivity contribution in [2.45, 2.75) is 0 Å². The molecule has 0 unspecified atom stereocenters. The van der Waals surface area contributed by atoms with Crippen LogP contribution in [0, 0.1) is 0 Å². The second kappa shape index (κ2) is 3.72. The van der Waals surface area contributed by atoms with E-state index in [9.17, 15) is 0 Å². The average molecular weight is 205 g/mol. The summed E-state index contributed by atoms with van der Waals surface area (Å²) in [7, 11) is 1.63. The molecule has 0 aliphatic heterocycles. The number of anilines is 1. The lowest BCUT2D eigenvalue weighted by atomic mass is 10.1. The van der Waals surface area contributed by atoms with Crippen LogP contribution in [0.5, 0.6) is 5.75 Å². The topological polar surface area (TPSA) is 35.2 Å². The first kappa shape index (κ1) is 9.09. The summed E-state index contributed by atoms with van der Waals surface area (Å²) >= 11 is 1.68. The number of rotatable bonds is 2. The fourth-order valence-corrected chi connectivity index (χ4v) is 1.98. The van der Waals surface area contributed by atoms with Crippen LogP contribution in [0.4, 0.5) is 5.69 Å². The normalized spacial score (nSPS) is 10.1. The van der Waals surface area contributed by atoms with Gasteiger partial charge in [-0.05, 0) is 40.1 Å². The SMILES string of the molecule is COc1cc(-c2ccsc2)ccc1N. The molecule has 1 aromatic carbocycles. The van der Waals surface area contributed by atoms with E-state index in [1.165, 1.54) is 5.56 Å². The van der Waals surface area contributed by atoms with Crippen LogP contribution in [0.15, 0.2) is 35.0 Å². The van der Waals surface area contributed by atoms with E-state index >= 15 is 0 Å². The van der Waals surface area contributed by atoms with E-state index in [0.717, 1.165) is 11.3 Å². The van der Waals surface area contributed by atoms with E-state index in [4.69, 9.17) is 10.5 Å². The standard InChI is InChI=1S/C11H11NOS/c1-13-11-6-8(2-3-10(11)12)9-4-5-14-7-9/h2-7H,12H2,1H3. The Morgan fingerprint density at radius 1 is 1.21 bits per heavy atom. The Morgan fingerprint density at radius 2 is 2.07 bits per heavy atom. The Labute approximate surface area is 86.9 Å². The summed E-state index contributed by atoms with van der Waals surface area (Å²) in [5, 5.41) is 4.16. The van der Waals surface area contributed by atoms with Gasteiger partial charge in [-0.1, -0.05) is 6.07 Å². The lowest BCUT2D eigenvalue weighted by molar-refractivity contribution is 0.417. The predicted octanol–water partition coefficient (Wildman–Crippen LogP) is 3.01. The van der Waals surface area contributed by atoms with Gasteiger partial charge in [-0.3, -0.25) is 0 Å². The molecule has 1 heterocycles. The zero-order chi connectivity index (χ0) is 9.97. The largest absolute Gasteiger partial charge is 0.495 e. The molecule has 72 valence electrons. The second-order valence-corrected chi connectivity index (χ2v) is 3.75. The van der Waals surface area contributed by atoms with E-state index in [1.807, 2.05) is 18.2 Å². The highest BCUT2D eigenvalue weighted by atomic mass is 32.1. The second-order valence-electron chi connectivity index (χ2n) is 2.97. The van der Waals surface area contributed by atoms with E-state index in [2.05, 4.69) is 16.8 Å². The van der Waals surface area contributed by atoms with Gasteiger partial charge in [0.05, 0.1) is 12.8 Å². The molecule has 0 saturated carbocycles. The van der Waals surface area contributed by atoms with Gasteiger partial charge in [0, 0.05) is 0 Å². The number of nitrogen functional groups attached to an aromatic ring is 1. The van der Waals surface area contributed by atoms with Crippen LogP contribution in [0.3, 0.4) is 0 Å². The third kappa shape index (κ3) is 1.59. The number of methoxy groups -OCH3 is 1. The summed E-state index contributed by atoms with van der Waals surface area (Å²) in [4.78, 5) is 0. The van der Waals surface area contributed by atoms with Gasteiger partial charge in [0.1, 0.15) is 5.75 Å². The molecule has 0 bridgehead atoms. The molecule has 2 nitrogen and oxygen atoms in total. The first-order valence-electron chi connectivity index (χ1n) is 4.27. The Bertz CT molecular complexity index is 423. The van der Waals surface area contributed by atoms with Gasteiger partial charge in [-0.15, -0.1) is 0 Å². The smallest absolute Gasteiger partial charge is 0.142 e. The number of thiophene rings is 1. The minimum Gasteiger partial charge on any atom is -0.495 e. The van der Waals surface area contributed by atoms with E-state index in [1.54, 1.807) is 18.4 Å². The van der Waals surface area contributed by atoms with Crippen molar-refractivity contribution >= 4 is 17.0 Å². The highest BCUT2D eigenvalue weighted by Crippen LogP contribution is 2.29. The van der Waals surface area contributed by atoms with Crippen molar-refractivity contribution in [2.24, 2.45) is 0 Å². The van der Waals surface area contributed by atoms with Crippen molar-refractivity contribution in [2.75, 3.05) is 12.8 Å². The highest BCUT2D eigenvalue weighted by molar-refractivity contribution is 7.08. The Balaban J connectivity index is 2.46. The Hall–Kier alpha value is -1.48. The number of hydrogen-bond donors (Lipinski definition) is 1. The van der Waals surface area contributed by atoms with Crippen molar-refractivity contribution in [3.63, 3.8) is 0 Å². The maximum Gasteiger partial charge on any atom is 0.142 e. The maximum atomic E-state index is 5.73. The van der Waals surface area contributed by atoms with Gasteiger partial charge in [-0.25, -0.2) is 0 Å². The van der Waals surface area contributed by atoms with Gasteiger partial charge in [0.15, 0.2) is 0 Å². The Kier molecular flexibility index (Phi) is 2.41. The zero-order valence-corrected chi connectivity index (χ0v) is 8.67. The average Bonchev–Trinajstić information content (AvgIpc) is 2.71. The van der Waals surface area contributed by atoms with Crippen LogP contribution in [-0.2, 0) is 0 Å². The predicted molar refractivity (Wildman–Crippen MR) is 60.7 cm³/mol. The zero-order valence-electron chi connectivity index (χ0n) is 7.86. The molecule has 0 radical (unpaired) electrons. The molecular weight excluding hydrogens is 194 g/mol. The van der Waals surface area contributed by atoms with Gasteiger partial charge in [-0.2, -0.15) is 11.3 Å². The van der Waals surface area contributed by atoms with Crippen LogP contribution in [0.25, 0.3) is 11.1 Å². The van der Waals surface area contributed by atoms with Crippen molar-refractivity contribution in [3.05, 3.63) is 35.0 Å². The minimum atomic E-state index is 0.673. The molecular formula is C11H11NOS. The molecule has 3 heteroatoms. The third-order valence-electron chi connectivity index (χ3n) is 2.09. The van der Waals surface area contributed by atoms with Gasteiger partial charge >= 0.3 is 0 Å². The van der Waals surface area contributed by atoms with Crippen molar-refractivity contribution < 1.29 is 4.74 Å². The Morgan fingerprint density at radius 3 is 2.71 bits per heavy atom. The van der Waals surface area contributed by atoms with Crippen molar-refractivity contribution in [1.29, 1.82) is 0 Å². The van der Waals surface area contributed by atoms with Gasteiger partial charge < -0.3 is 10.5 Å². The molecule has 1 aromatic heterocycles. The monoisotopic (exact) mass is 205 g/mol. The van der Waals surface area contributed by atoms with E-state index in [0.29, 0.717) is 5.69 Å². The molecule has 0 spiro atoms. The van der Waals surface area contributed by atoms with Crippen LogP contribution in [0.1, 0.15) is 0 Å². The molecule has 0 saturated heterocycles. The molecule has 0 amide bonds. The van der Waals surface area contributed by atoms with Crippen LogP contribution < -0.4 is 10.5 Å². The summed E-state index contributed by atoms with van der Waals surface area (Å²) in [5.74, 6) is 0.730.